The Hall–Kier alpha value is -1.36. The first-order chi connectivity index (χ1) is 8.63. The normalized spacial score (nSPS) is 20.3. The molecule has 1 aromatic carbocycles. The van der Waals surface area contributed by atoms with Crippen molar-refractivity contribution in [2.45, 2.75) is 25.8 Å². The number of nitrogens with zero attached hydrogens (tertiary/aromatic N) is 1. The molecule has 2 rings (SSSR count). The first kappa shape index (κ1) is 13.1. The molecule has 1 atom stereocenters. The van der Waals surface area contributed by atoms with Crippen LogP contribution in [0.3, 0.4) is 0 Å². The minimum absolute atomic E-state index is 0.0814. The molecule has 0 spiro atoms. The van der Waals surface area contributed by atoms with Gasteiger partial charge in [-0.2, -0.15) is 0 Å². The number of benzene rings is 1. The molecule has 100 valence electrons. The van der Waals surface area contributed by atoms with Gasteiger partial charge >= 0.3 is 0 Å². The van der Waals surface area contributed by atoms with Gasteiger partial charge in [-0.1, -0.05) is 6.92 Å². The zero-order chi connectivity index (χ0) is 13.1. The van der Waals surface area contributed by atoms with Crippen LogP contribution >= 0.6 is 0 Å². The van der Waals surface area contributed by atoms with Crippen LogP contribution in [-0.2, 0) is 0 Å². The SMILES string of the molecule is CCN1CCCC1CNc1c(N)ccc(F)c1F. The molecule has 3 N–H and O–H groups in total. The summed E-state index contributed by atoms with van der Waals surface area (Å²) in [5.41, 5.74) is 5.99. The molecule has 1 heterocycles. The number of rotatable bonds is 4. The van der Waals surface area contributed by atoms with Crippen LogP contribution in [0.2, 0.25) is 0 Å². The molecule has 1 aliphatic heterocycles. The average Bonchev–Trinajstić information content (AvgIpc) is 2.81. The molecular formula is C13H19F2N3. The van der Waals surface area contributed by atoms with E-state index in [0.29, 0.717) is 12.6 Å². The fourth-order valence-electron chi connectivity index (χ4n) is 2.51. The zero-order valence-corrected chi connectivity index (χ0v) is 10.5. The highest BCUT2D eigenvalue weighted by molar-refractivity contribution is 5.66. The molecule has 0 saturated carbocycles. The number of likely N-dealkylation sites (N-methyl/N-ethyl adjacent to an activating group) is 1. The first-order valence-corrected chi connectivity index (χ1v) is 6.35. The molecule has 3 nitrogen and oxygen atoms in total. The van der Waals surface area contributed by atoms with Gasteiger partial charge in [0.1, 0.15) is 0 Å². The summed E-state index contributed by atoms with van der Waals surface area (Å²) in [5, 5.41) is 2.95. The smallest absolute Gasteiger partial charge is 0.183 e. The fraction of sp³-hybridized carbons (Fsp3) is 0.538. The molecule has 0 radical (unpaired) electrons. The summed E-state index contributed by atoms with van der Waals surface area (Å²) < 4.78 is 26.7. The average molecular weight is 255 g/mol. The van der Waals surface area contributed by atoms with Crippen molar-refractivity contribution in [3.63, 3.8) is 0 Å². The van der Waals surface area contributed by atoms with Gasteiger partial charge in [-0.15, -0.1) is 0 Å². The third-order valence-electron chi connectivity index (χ3n) is 3.55. The Balaban J connectivity index is 2.04. The molecule has 0 aliphatic carbocycles. The van der Waals surface area contributed by atoms with Crippen LogP contribution in [-0.4, -0.2) is 30.6 Å². The molecule has 1 saturated heterocycles. The topological polar surface area (TPSA) is 41.3 Å². The Labute approximate surface area is 106 Å². The van der Waals surface area contributed by atoms with E-state index in [0.717, 1.165) is 32.0 Å². The third-order valence-corrected chi connectivity index (χ3v) is 3.55. The van der Waals surface area contributed by atoms with Gasteiger partial charge < -0.3 is 11.1 Å². The highest BCUT2D eigenvalue weighted by atomic mass is 19.2. The van der Waals surface area contributed by atoms with E-state index in [-0.39, 0.29) is 11.4 Å². The first-order valence-electron chi connectivity index (χ1n) is 6.35. The van der Waals surface area contributed by atoms with Gasteiger partial charge in [-0.05, 0) is 38.1 Å². The summed E-state index contributed by atoms with van der Waals surface area (Å²) in [6.07, 6.45) is 2.24. The van der Waals surface area contributed by atoms with E-state index < -0.39 is 11.6 Å². The van der Waals surface area contributed by atoms with Crippen molar-refractivity contribution in [3.8, 4) is 0 Å². The van der Waals surface area contributed by atoms with Crippen molar-refractivity contribution in [1.82, 2.24) is 4.90 Å². The van der Waals surface area contributed by atoms with Gasteiger partial charge in [0.25, 0.3) is 0 Å². The number of halogens is 2. The van der Waals surface area contributed by atoms with Crippen LogP contribution in [0.5, 0.6) is 0 Å². The molecule has 5 heteroatoms. The maximum Gasteiger partial charge on any atom is 0.183 e. The molecule has 1 fully saturated rings. The fourth-order valence-corrected chi connectivity index (χ4v) is 2.51. The molecule has 18 heavy (non-hydrogen) atoms. The van der Waals surface area contributed by atoms with Crippen LogP contribution in [0.15, 0.2) is 12.1 Å². The van der Waals surface area contributed by atoms with E-state index in [1.807, 2.05) is 0 Å². The van der Waals surface area contributed by atoms with Crippen molar-refractivity contribution < 1.29 is 8.78 Å². The Bertz CT molecular complexity index is 423. The third kappa shape index (κ3) is 2.56. The summed E-state index contributed by atoms with van der Waals surface area (Å²) >= 11 is 0. The number of likely N-dealkylation sites (tertiary alicyclic amines) is 1. The van der Waals surface area contributed by atoms with Crippen molar-refractivity contribution in [2.24, 2.45) is 0 Å². The predicted molar refractivity (Wildman–Crippen MR) is 69.5 cm³/mol. The van der Waals surface area contributed by atoms with Gasteiger partial charge in [0.15, 0.2) is 11.6 Å². The van der Waals surface area contributed by atoms with Crippen molar-refractivity contribution >= 4 is 11.4 Å². The van der Waals surface area contributed by atoms with E-state index >= 15 is 0 Å². The number of anilines is 2. The number of nitrogen functional groups attached to an aromatic ring is 1. The maximum absolute atomic E-state index is 13.6. The summed E-state index contributed by atoms with van der Waals surface area (Å²) in [5.74, 6) is -1.76. The number of hydrogen-bond donors (Lipinski definition) is 2. The molecule has 1 aliphatic rings. The summed E-state index contributed by atoms with van der Waals surface area (Å²) in [6, 6.07) is 2.80. The summed E-state index contributed by atoms with van der Waals surface area (Å²) in [7, 11) is 0. The van der Waals surface area contributed by atoms with Crippen molar-refractivity contribution in [2.75, 3.05) is 30.7 Å². The molecular weight excluding hydrogens is 236 g/mol. The lowest BCUT2D eigenvalue weighted by atomic mass is 10.2. The van der Waals surface area contributed by atoms with Crippen LogP contribution in [0.1, 0.15) is 19.8 Å². The van der Waals surface area contributed by atoms with Crippen LogP contribution < -0.4 is 11.1 Å². The Morgan fingerprint density at radius 3 is 2.94 bits per heavy atom. The van der Waals surface area contributed by atoms with Gasteiger partial charge in [0.2, 0.25) is 0 Å². The lowest BCUT2D eigenvalue weighted by Gasteiger charge is -2.23. The minimum Gasteiger partial charge on any atom is -0.397 e. The van der Waals surface area contributed by atoms with Gasteiger partial charge in [0.05, 0.1) is 11.4 Å². The van der Waals surface area contributed by atoms with E-state index in [1.54, 1.807) is 0 Å². The standard InChI is InChI=1S/C13H19F2N3/c1-2-18-7-3-4-9(18)8-17-13-11(16)6-5-10(14)12(13)15/h5-6,9,17H,2-4,7-8,16H2,1H3. The Morgan fingerprint density at radius 2 is 2.22 bits per heavy atom. The monoisotopic (exact) mass is 255 g/mol. The van der Waals surface area contributed by atoms with Crippen LogP contribution in [0, 0.1) is 11.6 Å². The maximum atomic E-state index is 13.6. The van der Waals surface area contributed by atoms with E-state index in [1.165, 1.54) is 6.07 Å². The highest BCUT2D eigenvalue weighted by Gasteiger charge is 2.23. The Morgan fingerprint density at radius 1 is 1.44 bits per heavy atom. The quantitative estimate of drug-likeness (QED) is 0.812. The van der Waals surface area contributed by atoms with E-state index in [4.69, 9.17) is 5.73 Å². The summed E-state index contributed by atoms with van der Waals surface area (Å²) in [4.78, 5) is 2.33. The van der Waals surface area contributed by atoms with Crippen LogP contribution in [0.4, 0.5) is 20.2 Å². The van der Waals surface area contributed by atoms with Crippen LogP contribution in [0.25, 0.3) is 0 Å². The van der Waals surface area contributed by atoms with Gasteiger partial charge in [-0.3, -0.25) is 4.90 Å². The second-order valence-electron chi connectivity index (χ2n) is 4.63. The highest BCUT2D eigenvalue weighted by Crippen LogP contribution is 2.25. The predicted octanol–water partition coefficient (Wildman–Crippen LogP) is 2.44. The molecule has 1 unspecified atom stereocenters. The zero-order valence-electron chi connectivity index (χ0n) is 10.5. The largest absolute Gasteiger partial charge is 0.397 e. The number of nitrogens with one attached hydrogen (secondary N) is 1. The second kappa shape index (κ2) is 5.52. The lowest BCUT2D eigenvalue weighted by molar-refractivity contribution is 0.277. The number of hydrogen-bond acceptors (Lipinski definition) is 3. The van der Waals surface area contributed by atoms with Crippen molar-refractivity contribution in [1.29, 1.82) is 0 Å². The lowest BCUT2D eigenvalue weighted by Crippen LogP contribution is -2.34. The molecule has 1 aromatic rings. The van der Waals surface area contributed by atoms with Gasteiger partial charge in [0, 0.05) is 12.6 Å². The minimum atomic E-state index is -0.893. The number of nitrogens with two attached hydrogens (primary N) is 1. The van der Waals surface area contributed by atoms with E-state index in [9.17, 15) is 8.78 Å². The molecule has 0 bridgehead atoms. The molecule has 0 amide bonds. The Kier molecular flexibility index (Phi) is 4.01. The van der Waals surface area contributed by atoms with Crippen molar-refractivity contribution in [3.05, 3.63) is 23.8 Å². The molecule has 0 aromatic heterocycles. The summed E-state index contributed by atoms with van der Waals surface area (Å²) in [6.45, 7) is 4.76. The van der Waals surface area contributed by atoms with Gasteiger partial charge in [-0.25, -0.2) is 8.78 Å². The second-order valence-corrected chi connectivity index (χ2v) is 4.63. The van der Waals surface area contributed by atoms with E-state index in [2.05, 4.69) is 17.1 Å².